The molecule has 0 saturated carbocycles. The fourth-order valence-electron chi connectivity index (χ4n) is 1.25. The molecule has 0 bridgehead atoms. The molecule has 13 heavy (non-hydrogen) atoms. The maximum atomic E-state index is 11.3. The Morgan fingerprint density at radius 1 is 1.31 bits per heavy atom. The molecule has 0 aliphatic carbocycles. The molecule has 0 spiro atoms. The smallest absolute Gasteiger partial charge is 0.348 e. The van der Waals surface area contributed by atoms with Crippen molar-refractivity contribution in [1.29, 1.82) is 0 Å². The number of carbonyl (C=O) groups is 2. The number of ketones is 1. The van der Waals surface area contributed by atoms with Crippen molar-refractivity contribution >= 4 is 11.8 Å². The van der Waals surface area contributed by atoms with Gasteiger partial charge in [0, 0.05) is 13.8 Å². The first-order valence-corrected chi connectivity index (χ1v) is 3.97. The Bertz CT molecular complexity index is 299. The third-order valence-corrected chi connectivity index (χ3v) is 1.65. The highest BCUT2D eigenvalue weighted by Gasteiger charge is 2.35. The highest BCUT2D eigenvalue weighted by Crippen LogP contribution is 2.26. The molecule has 0 aromatic carbocycles. The molecule has 0 aromatic heterocycles. The number of hydrogen-bond acceptors (Lipinski definition) is 4. The summed E-state index contributed by atoms with van der Waals surface area (Å²) in [6.45, 7) is 6.12. The van der Waals surface area contributed by atoms with Crippen LogP contribution in [-0.2, 0) is 19.1 Å². The molecule has 4 heteroatoms. The zero-order valence-corrected chi connectivity index (χ0v) is 8.13. The van der Waals surface area contributed by atoms with Crippen LogP contribution < -0.4 is 0 Å². The first-order valence-electron chi connectivity index (χ1n) is 3.97. The van der Waals surface area contributed by atoms with Crippen LogP contribution in [0, 0.1) is 0 Å². The monoisotopic (exact) mass is 184 g/mol. The van der Waals surface area contributed by atoms with Gasteiger partial charge in [-0.25, -0.2) is 4.79 Å². The molecule has 4 nitrogen and oxygen atoms in total. The summed E-state index contributed by atoms with van der Waals surface area (Å²) in [5, 5.41) is 0. The lowest BCUT2D eigenvalue weighted by molar-refractivity contribution is -0.207. The van der Waals surface area contributed by atoms with Crippen LogP contribution in [0.3, 0.4) is 0 Å². The van der Waals surface area contributed by atoms with Gasteiger partial charge in [0.15, 0.2) is 5.78 Å². The van der Waals surface area contributed by atoms with Crippen molar-refractivity contribution in [3.05, 3.63) is 11.3 Å². The van der Waals surface area contributed by atoms with E-state index in [1.807, 2.05) is 0 Å². The molecule has 0 atom stereocenters. The van der Waals surface area contributed by atoms with Gasteiger partial charge in [-0.2, -0.15) is 0 Å². The summed E-state index contributed by atoms with van der Waals surface area (Å²) < 4.78 is 10.1. The summed E-state index contributed by atoms with van der Waals surface area (Å²) in [6, 6.07) is 0. The van der Waals surface area contributed by atoms with Gasteiger partial charge in [0.25, 0.3) is 0 Å². The Labute approximate surface area is 76.5 Å². The van der Waals surface area contributed by atoms with Crippen molar-refractivity contribution in [2.45, 2.75) is 33.5 Å². The van der Waals surface area contributed by atoms with Crippen molar-refractivity contribution < 1.29 is 19.1 Å². The SMILES string of the molecule is CC(=O)C1=C(C)OC(C)(C)OC1=O. The molecule has 72 valence electrons. The van der Waals surface area contributed by atoms with Crippen LogP contribution in [0.4, 0.5) is 0 Å². The van der Waals surface area contributed by atoms with E-state index in [4.69, 9.17) is 9.47 Å². The van der Waals surface area contributed by atoms with Crippen LogP contribution in [0.15, 0.2) is 11.3 Å². The molecular weight excluding hydrogens is 172 g/mol. The number of hydrogen-bond donors (Lipinski definition) is 0. The lowest BCUT2D eigenvalue weighted by atomic mass is 10.1. The Hall–Kier alpha value is -1.32. The van der Waals surface area contributed by atoms with E-state index in [-0.39, 0.29) is 11.4 Å². The maximum Gasteiger partial charge on any atom is 0.348 e. The van der Waals surface area contributed by atoms with Crippen LogP contribution in [0.1, 0.15) is 27.7 Å². The van der Waals surface area contributed by atoms with Gasteiger partial charge in [-0.15, -0.1) is 0 Å². The minimum Gasteiger partial charge on any atom is -0.456 e. The number of carbonyl (C=O) groups excluding carboxylic acids is 2. The number of ether oxygens (including phenoxy) is 2. The molecule has 0 N–H and O–H groups in total. The van der Waals surface area contributed by atoms with E-state index in [0.29, 0.717) is 5.76 Å². The quantitative estimate of drug-likeness (QED) is 0.453. The van der Waals surface area contributed by atoms with Gasteiger partial charge in [0.05, 0.1) is 0 Å². The summed E-state index contributed by atoms with van der Waals surface area (Å²) >= 11 is 0. The Balaban J connectivity index is 3.09. The van der Waals surface area contributed by atoms with E-state index in [1.165, 1.54) is 6.92 Å². The number of cyclic esters (lactones) is 1. The summed E-state index contributed by atoms with van der Waals surface area (Å²) in [5.41, 5.74) is -0.000625. The van der Waals surface area contributed by atoms with Crippen molar-refractivity contribution in [2.75, 3.05) is 0 Å². The molecule has 0 fully saturated rings. The van der Waals surface area contributed by atoms with Gasteiger partial charge in [0.1, 0.15) is 11.3 Å². The second kappa shape index (κ2) is 2.87. The molecular formula is C9H12O4. The summed E-state index contributed by atoms with van der Waals surface area (Å²) in [5.74, 6) is -1.59. The Kier molecular flexibility index (Phi) is 2.15. The van der Waals surface area contributed by atoms with Crippen LogP contribution in [0.2, 0.25) is 0 Å². The minimum atomic E-state index is -0.972. The van der Waals surface area contributed by atoms with E-state index in [9.17, 15) is 9.59 Å². The third kappa shape index (κ3) is 1.88. The van der Waals surface area contributed by atoms with Gasteiger partial charge >= 0.3 is 5.97 Å². The average Bonchev–Trinajstić information content (AvgIpc) is 1.78. The van der Waals surface area contributed by atoms with Crippen LogP contribution in [-0.4, -0.2) is 17.5 Å². The lowest BCUT2D eigenvalue weighted by Crippen LogP contribution is -2.37. The highest BCUT2D eigenvalue weighted by atomic mass is 16.7. The van der Waals surface area contributed by atoms with E-state index in [0.717, 1.165) is 0 Å². The van der Waals surface area contributed by atoms with Gasteiger partial charge < -0.3 is 9.47 Å². The lowest BCUT2D eigenvalue weighted by Gasteiger charge is -2.31. The van der Waals surface area contributed by atoms with Crippen molar-refractivity contribution in [3.8, 4) is 0 Å². The molecule has 1 aliphatic heterocycles. The van der Waals surface area contributed by atoms with Crippen molar-refractivity contribution in [1.82, 2.24) is 0 Å². The van der Waals surface area contributed by atoms with E-state index < -0.39 is 11.8 Å². The fourth-order valence-corrected chi connectivity index (χ4v) is 1.25. The maximum absolute atomic E-state index is 11.3. The van der Waals surface area contributed by atoms with Gasteiger partial charge in [-0.3, -0.25) is 4.79 Å². The molecule has 0 amide bonds. The summed E-state index contributed by atoms with van der Waals surface area (Å²) in [6.07, 6.45) is 0. The highest BCUT2D eigenvalue weighted by molar-refractivity contribution is 6.17. The van der Waals surface area contributed by atoms with Crippen LogP contribution >= 0.6 is 0 Å². The third-order valence-electron chi connectivity index (χ3n) is 1.65. The van der Waals surface area contributed by atoms with Crippen LogP contribution in [0.25, 0.3) is 0 Å². The van der Waals surface area contributed by atoms with Gasteiger partial charge in [-0.05, 0) is 13.8 Å². The standard InChI is InChI=1S/C9H12O4/c1-5(10)7-6(2)12-9(3,4)13-8(7)11/h1-4H3. The molecule has 0 aromatic rings. The topological polar surface area (TPSA) is 52.6 Å². The van der Waals surface area contributed by atoms with E-state index in [1.54, 1.807) is 20.8 Å². The fraction of sp³-hybridized carbons (Fsp3) is 0.556. The van der Waals surface area contributed by atoms with E-state index >= 15 is 0 Å². The first-order chi connectivity index (χ1) is 5.83. The summed E-state index contributed by atoms with van der Waals surface area (Å²) in [4.78, 5) is 22.3. The largest absolute Gasteiger partial charge is 0.456 e. The molecule has 1 aliphatic rings. The molecule has 0 saturated heterocycles. The second-order valence-electron chi connectivity index (χ2n) is 3.38. The molecule has 0 radical (unpaired) electrons. The van der Waals surface area contributed by atoms with Gasteiger partial charge in [0.2, 0.25) is 5.79 Å². The molecule has 0 unspecified atom stereocenters. The minimum absolute atomic E-state index is 0.000625. The van der Waals surface area contributed by atoms with Crippen molar-refractivity contribution in [3.63, 3.8) is 0 Å². The Morgan fingerprint density at radius 2 is 1.85 bits per heavy atom. The molecule has 1 heterocycles. The molecule has 1 rings (SSSR count). The van der Waals surface area contributed by atoms with Gasteiger partial charge in [-0.1, -0.05) is 0 Å². The first kappa shape index (κ1) is 9.77. The predicted molar refractivity (Wildman–Crippen MR) is 44.6 cm³/mol. The summed E-state index contributed by atoms with van der Waals surface area (Å²) in [7, 11) is 0. The second-order valence-corrected chi connectivity index (χ2v) is 3.38. The number of allylic oxidation sites excluding steroid dienone is 1. The van der Waals surface area contributed by atoms with E-state index in [2.05, 4.69) is 0 Å². The Morgan fingerprint density at radius 3 is 2.23 bits per heavy atom. The van der Waals surface area contributed by atoms with Crippen LogP contribution in [0.5, 0.6) is 0 Å². The number of rotatable bonds is 1. The predicted octanol–water partition coefficient (Wildman–Crippen LogP) is 1.16. The number of esters is 1. The number of Topliss-reactive ketones (excluding diaryl/α,β-unsaturated/α-hetero) is 1. The normalized spacial score (nSPS) is 20.8. The average molecular weight is 184 g/mol. The van der Waals surface area contributed by atoms with Crippen molar-refractivity contribution in [2.24, 2.45) is 0 Å². The zero-order chi connectivity index (χ0) is 10.2. The zero-order valence-electron chi connectivity index (χ0n) is 8.13.